The first-order valence-electron chi connectivity index (χ1n) is 7.74. The molecule has 0 saturated heterocycles. The third-order valence-electron chi connectivity index (χ3n) is 3.64. The number of Topliss-reactive ketones (excluding diaryl/α,β-unsaturated/α-hetero) is 1. The number of hydrogen-bond acceptors (Lipinski definition) is 4. The fraction of sp³-hybridized carbons (Fsp3) is 0.263. The molecule has 5 nitrogen and oxygen atoms in total. The van der Waals surface area contributed by atoms with Gasteiger partial charge >= 0.3 is 0 Å². The molecule has 0 aliphatic carbocycles. The standard InChI is InChI=1S/C19H22N2O3/c1-21(2)16-6-4-5-15(13-16)20-19(23)12-11-18(22)14-7-9-17(24-3)10-8-14/h4-10,13H,11-12H2,1-3H3,(H,20,23). The van der Waals surface area contributed by atoms with Crippen molar-refractivity contribution in [2.24, 2.45) is 0 Å². The molecule has 126 valence electrons. The molecule has 1 N–H and O–H groups in total. The van der Waals surface area contributed by atoms with Crippen LogP contribution in [0, 0.1) is 0 Å². The Kier molecular flexibility index (Phi) is 5.95. The van der Waals surface area contributed by atoms with Gasteiger partial charge in [-0.25, -0.2) is 0 Å². The first kappa shape index (κ1) is 17.5. The summed E-state index contributed by atoms with van der Waals surface area (Å²) in [6.45, 7) is 0. The summed E-state index contributed by atoms with van der Waals surface area (Å²) >= 11 is 0. The molecule has 0 bridgehead atoms. The Bertz CT molecular complexity index is 709. The van der Waals surface area contributed by atoms with E-state index >= 15 is 0 Å². The van der Waals surface area contributed by atoms with E-state index in [1.807, 2.05) is 43.3 Å². The van der Waals surface area contributed by atoms with E-state index in [-0.39, 0.29) is 24.5 Å². The highest BCUT2D eigenvalue weighted by Crippen LogP contribution is 2.18. The lowest BCUT2D eigenvalue weighted by Crippen LogP contribution is -2.14. The minimum absolute atomic E-state index is 0.0603. The number of ether oxygens (including phenoxy) is 1. The maximum Gasteiger partial charge on any atom is 0.224 e. The first-order chi connectivity index (χ1) is 11.5. The molecule has 0 fully saturated rings. The molecule has 2 rings (SSSR count). The van der Waals surface area contributed by atoms with Crippen LogP contribution in [0.5, 0.6) is 5.75 Å². The molecule has 0 radical (unpaired) electrons. The lowest BCUT2D eigenvalue weighted by atomic mass is 10.1. The van der Waals surface area contributed by atoms with Crippen molar-refractivity contribution in [3.05, 3.63) is 54.1 Å². The molecule has 0 aromatic heterocycles. The highest BCUT2D eigenvalue weighted by atomic mass is 16.5. The zero-order valence-corrected chi connectivity index (χ0v) is 14.2. The number of benzene rings is 2. The number of rotatable bonds is 7. The lowest BCUT2D eigenvalue weighted by molar-refractivity contribution is -0.116. The number of hydrogen-bond donors (Lipinski definition) is 1. The van der Waals surface area contributed by atoms with Crippen molar-refractivity contribution in [2.45, 2.75) is 12.8 Å². The summed E-state index contributed by atoms with van der Waals surface area (Å²) in [7, 11) is 5.45. The van der Waals surface area contributed by atoms with E-state index in [0.717, 1.165) is 11.4 Å². The van der Waals surface area contributed by atoms with Gasteiger partial charge in [0.1, 0.15) is 5.75 Å². The summed E-state index contributed by atoms with van der Waals surface area (Å²) in [6.07, 6.45) is 0.322. The van der Waals surface area contributed by atoms with Crippen molar-refractivity contribution >= 4 is 23.1 Å². The van der Waals surface area contributed by atoms with Gasteiger partial charge in [0.25, 0.3) is 0 Å². The molecule has 0 unspecified atom stereocenters. The number of nitrogens with one attached hydrogen (secondary N) is 1. The van der Waals surface area contributed by atoms with Gasteiger partial charge in [0.2, 0.25) is 5.91 Å². The number of ketones is 1. The Hall–Kier alpha value is -2.82. The summed E-state index contributed by atoms with van der Waals surface area (Å²) in [4.78, 5) is 26.1. The minimum atomic E-state index is -0.173. The van der Waals surface area contributed by atoms with Crippen molar-refractivity contribution in [1.82, 2.24) is 0 Å². The van der Waals surface area contributed by atoms with E-state index in [0.29, 0.717) is 11.3 Å². The van der Waals surface area contributed by atoms with Crippen molar-refractivity contribution in [1.29, 1.82) is 0 Å². The second-order valence-corrected chi connectivity index (χ2v) is 5.64. The quantitative estimate of drug-likeness (QED) is 0.793. The predicted octanol–water partition coefficient (Wildman–Crippen LogP) is 3.36. The van der Waals surface area contributed by atoms with Gasteiger partial charge in [-0.1, -0.05) is 6.07 Å². The van der Waals surface area contributed by atoms with E-state index in [9.17, 15) is 9.59 Å². The zero-order valence-electron chi connectivity index (χ0n) is 14.2. The van der Waals surface area contributed by atoms with Gasteiger partial charge in [0, 0.05) is 43.9 Å². The van der Waals surface area contributed by atoms with Crippen LogP contribution in [0.25, 0.3) is 0 Å². The molecule has 0 heterocycles. The maximum atomic E-state index is 12.1. The first-order valence-corrected chi connectivity index (χ1v) is 7.74. The van der Waals surface area contributed by atoms with Gasteiger partial charge in [0.15, 0.2) is 5.78 Å². The molecule has 0 atom stereocenters. The average molecular weight is 326 g/mol. The van der Waals surface area contributed by atoms with Crippen molar-refractivity contribution < 1.29 is 14.3 Å². The summed E-state index contributed by atoms with van der Waals surface area (Å²) in [5, 5.41) is 2.82. The number of carbonyl (C=O) groups is 2. The van der Waals surface area contributed by atoms with Crippen LogP contribution < -0.4 is 15.0 Å². The normalized spacial score (nSPS) is 10.1. The topological polar surface area (TPSA) is 58.6 Å². The Morgan fingerprint density at radius 2 is 1.75 bits per heavy atom. The zero-order chi connectivity index (χ0) is 17.5. The summed E-state index contributed by atoms with van der Waals surface area (Å²) in [5.74, 6) is 0.465. The molecule has 0 aliphatic heterocycles. The van der Waals surface area contributed by atoms with Crippen LogP contribution >= 0.6 is 0 Å². The van der Waals surface area contributed by atoms with E-state index in [4.69, 9.17) is 4.74 Å². The molecule has 24 heavy (non-hydrogen) atoms. The monoisotopic (exact) mass is 326 g/mol. The van der Waals surface area contributed by atoms with Crippen LogP contribution in [-0.4, -0.2) is 32.9 Å². The van der Waals surface area contributed by atoms with E-state index in [1.165, 1.54) is 0 Å². The molecule has 5 heteroatoms. The second kappa shape index (κ2) is 8.15. The molecule has 2 aromatic rings. The molecule has 0 saturated carbocycles. The average Bonchev–Trinajstić information content (AvgIpc) is 2.60. The molecule has 2 aromatic carbocycles. The van der Waals surface area contributed by atoms with Gasteiger partial charge in [-0.15, -0.1) is 0 Å². The number of carbonyl (C=O) groups excluding carboxylic acids is 2. The second-order valence-electron chi connectivity index (χ2n) is 5.64. The molecular formula is C19H22N2O3. The Labute approximate surface area is 142 Å². The van der Waals surface area contributed by atoms with Crippen molar-refractivity contribution in [2.75, 3.05) is 31.4 Å². The van der Waals surface area contributed by atoms with Gasteiger partial charge in [-0.2, -0.15) is 0 Å². The number of methoxy groups -OCH3 is 1. The van der Waals surface area contributed by atoms with Crippen LogP contribution in [0.2, 0.25) is 0 Å². The fourth-order valence-corrected chi connectivity index (χ4v) is 2.23. The highest BCUT2D eigenvalue weighted by Gasteiger charge is 2.10. The molecule has 0 aliphatic rings. The van der Waals surface area contributed by atoms with Crippen molar-refractivity contribution in [3.8, 4) is 5.75 Å². The fourth-order valence-electron chi connectivity index (χ4n) is 2.23. The van der Waals surface area contributed by atoms with Crippen LogP contribution in [0.15, 0.2) is 48.5 Å². The highest BCUT2D eigenvalue weighted by molar-refractivity contribution is 6.00. The third kappa shape index (κ3) is 4.84. The predicted molar refractivity (Wildman–Crippen MR) is 96.0 cm³/mol. The van der Waals surface area contributed by atoms with Crippen LogP contribution in [0.4, 0.5) is 11.4 Å². The Morgan fingerprint density at radius 3 is 2.38 bits per heavy atom. The van der Waals surface area contributed by atoms with E-state index in [1.54, 1.807) is 31.4 Å². The Morgan fingerprint density at radius 1 is 1.04 bits per heavy atom. The number of anilines is 2. The van der Waals surface area contributed by atoms with Crippen LogP contribution in [-0.2, 0) is 4.79 Å². The summed E-state index contributed by atoms with van der Waals surface area (Å²) < 4.78 is 5.06. The molecular weight excluding hydrogens is 304 g/mol. The lowest BCUT2D eigenvalue weighted by Gasteiger charge is -2.14. The van der Waals surface area contributed by atoms with Gasteiger partial charge in [-0.3, -0.25) is 9.59 Å². The number of amides is 1. The molecule has 1 amide bonds. The minimum Gasteiger partial charge on any atom is -0.497 e. The van der Waals surface area contributed by atoms with E-state index in [2.05, 4.69) is 5.32 Å². The van der Waals surface area contributed by atoms with Crippen LogP contribution in [0.3, 0.4) is 0 Å². The van der Waals surface area contributed by atoms with Crippen molar-refractivity contribution in [3.63, 3.8) is 0 Å². The van der Waals surface area contributed by atoms with Gasteiger partial charge in [-0.05, 0) is 42.5 Å². The SMILES string of the molecule is COc1ccc(C(=O)CCC(=O)Nc2cccc(N(C)C)c2)cc1. The van der Waals surface area contributed by atoms with E-state index < -0.39 is 0 Å². The van der Waals surface area contributed by atoms with Crippen LogP contribution in [0.1, 0.15) is 23.2 Å². The third-order valence-corrected chi connectivity index (χ3v) is 3.64. The largest absolute Gasteiger partial charge is 0.497 e. The molecule has 0 spiro atoms. The summed E-state index contributed by atoms with van der Waals surface area (Å²) in [6, 6.07) is 14.5. The smallest absolute Gasteiger partial charge is 0.224 e. The maximum absolute atomic E-state index is 12.1. The number of nitrogens with zero attached hydrogens (tertiary/aromatic N) is 1. The Balaban J connectivity index is 1.88. The van der Waals surface area contributed by atoms with Gasteiger partial charge in [0.05, 0.1) is 7.11 Å². The van der Waals surface area contributed by atoms with Gasteiger partial charge < -0.3 is 15.0 Å². The summed E-state index contributed by atoms with van der Waals surface area (Å²) in [5.41, 5.74) is 2.31.